The second kappa shape index (κ2) is 6.53. The van der Waals surface area contributed by atoms with E-state index in [1.807, 2.05) is 18.4 Å². The first-order valence-electron chi connectivity index (χ1n) is 5.43. The van der Waals surface area contributed by atoms with Gasteiger partial charge in [-0.05, 0) is 20.8 Å². The Balaban J connectivity index is 2.15. The van der Waals surface area contributed by atoms with Gasteiger partial charge in [-0.2, -0.15) is 0 Å². The topological polar surface area (TPSA) is 52.0 Å². The first-order chi connectivity index (χ1) is 7.24. The lowest BCUT2D eigenvalue weighted by atomic mass is 10.5. The van der Waals surface area contributed by atoms with E-state index in [0.717, 1.165) is 32.1 Å². The highest BCUT2D eigenvalue weighted by Gasteiger charge is 2.01. The molecule has 0 aliphatic heterocycles. The van der Waals surface area contributed by atoms with Crippen molar-refractivity contribution in [2.45, 2.75) is 40.0 Å². The van der Waals surface area contributed by atoms with E-state index in [0.29, 0.717) is 6.10 Å². The predicted molar refractivity (Wildman–Crippen MR) is 58.5 cm³/mol. The Morgan fingerprint density at radius 2 is 2.33 bits per heavy atom. The Kier molecular flexibility index (Phi) is 5.28. The van der Waals surface area contributed by atoms with Crippen molar-refractivity contribution in [2.75, 3.05) is 13.2 Å². The molecule has 5 heteroatoms. The van der Waals surface area contributed by atoms with E-state index in [1.165, 1.54) is 0 Å². The van der Waals surface area contributed by atoms with Crippen LogP contribution in [0, 0.1) is 0 Å². The van der Waals surface area contributed by atoms with Crippen molar-refractivity contribution in [1.29, 1.82) is 0 Å². The molecule has 0 saturated carbocycles. The lowest BCUT2D eigenvalue weighted by molar-refractivity contribution is 0.0806. The van der Waals surface area contributed by atoms with E-state index in [9.17, 15) is 0 Å². The number of nitrogens with one attached hydrogen (secondary N) is 1. The highest BCUT2D eigenvalue weighted by molar-refractivity contribution is 4.84. The van der Waals surface area contributed by atoms with Crippen LogP contribution >= 0.6 is 0 Å². The minimum absolute atomic E-state index is 0.297. The van der Waals surface area contributed by atoms with Crippen molar-refractivity contribution in [3.63, 3.8) is 0 Å². The fourth-order valence-electron chi connectivity index (χ4n) is 1.25. The van der Waals surface area contributed by atoms with Crippen molar-refractivity contribution < 1.29 is 4.74 Å². The van der Waals surface area contributed by atoms with E-state index in [4.69, 9.17) is 4.74 Å². The summed E-state index contributed by atoms with van der Waals surface area (Å²) in [5.41, 5.74) is 0. The van der Waals surface area contributed by atoms with Gasteiger partial charge in [0.15, 0.2) is 0 Å². The summed E-state index contributed by atoms with van der Waals surface area (Å²) in [4.78, 5) is 0. The number of aryl methyl sites for hydroxylation is 1. The highest BCUT2D eigenvalue weighted by atomic mass is 16.5. The van der Waals surface area contributed by atoms with Gasteiger partial charge >= 0.3 is 0 Å². The molecule has 86 valence electrons. The molecule has 1 rings (SSSR count). The second-order valence-electron chi connectivity index (χ2n) is 3.63. The van der Waals surface area contributed by atoms with E-state index >= 15 is 0 Å². The van der Waals surface area contributed by atoms with Gasteiger partial charge in [-0.25, -0.2) is 0 Å². The molecular formula is C10H20N4O. The summed E-state index contributed by atoms with van der Waals surface area (Å²) in [7, 11) is 0. The molecule has 0 amide bonds. The van der Waals surface area contributed by atoms with Crippen molar-refractivity contribution >= 4 is 0 Å². The lowest BCUT2D eigenvalue weighted by Gasteiger charge is -2.08. The molecule has 5 nitrogen and oxygen atoms in total. The van der Waals surface area contributed by atoms with Crippen LogP contribution in [0.3, 0.4) is 0 Å². The van der Waals surface area contributed by atoms with Crippen molar-refractivity contribution in [3.8, 4) is 0 Å². The van der Waals surface area contributed by atoms with Crippen LogP contribution in [0.5, 0.6) is 0 Å². The summed E-state index contributed by atoms with van der Waals surface area (Å²) in [6.45, 7) is 9.38. The van der Waals surface area contributed by atoms with Gasteiger partial charge in [0.05, 0.1) is 19.3 Å². The maximum atomic E-state index is 5.41. The molecule has 1 aromatic rings. The van der Waals surface area contributed by atoms with Crippen LogP contribution in [0.1, 0.15) is 26.6 Å². The van der Waals surface area contributed by atoms with E-state index in [1.54, 1.807) is 6.33 Å². The van der Waals surface area contributed by atoms with Crippen LogP contribution in [0.25, 0.3) is 0 Å². The molecule has 0 aliphatic carbocycles. The molecule has 15 heavy (non-hydrogen) atoms. The van der Waals surface area contributed by atoms with Crippen molar-refractivity contribution in [2.24, 2.45) is 0 Å². The molecule has 0 aliphatic rings. The quantitative estimate of drug-likeness (QED) is 0.680. The molecule has 0 unspecified atom stereocenters. The molecule has 0 saturated heterocycles. The maximum absolute atomic E-state index is 5.41. The molecule has 0 atom stereocenters. The van der Waals surface area contributed by atoms with Gasteiger partial charge in [0.2, 0.25) is 0 Å². The zero-order chi connectivity index (χ0) is 11.1. The molecule has 0 aromatic carbocycles. The van der Waals surface area contributed by atoms with Crippen molar-refractivity contribution in [1.82, 2.24) is 20.1 Å². The monoisotopic (exact) mass is 212 g/mol. The minimum atomic E-state index is 0.297. The molecule has 1 heterocycles. The first-order valence-corrected chi connectivity index (χ1v) is 5.43. The van der Waals surface area contributed by atoms with Gasteiger partial charge in [0.1, 0.15) is 12.2 Å². The third-order valence-electron chi connectivity index (χ3n) is 2.05. The molecule has 0 radical (unpaired) electrons. The average Bonchev–Trinajstić information content (AvgIpc) is 2.64. The summed E-state index contributed by atoms with van der Waals surface area (Å²) >= 11 is 0. The number of nitrogens with zero attached hydrogens (tertiary/aromatic N) is 3. The summed E-state index contributed by atoms with van der Waals surface area (Å²) in [6, 6.07) is 0. The van der Waals surface area contributed by atoms with Gasteiger partial charge in [-0.3, -0.25) is 0 Å². The summed E-state index contributed by atoms with van der Waals surface area (Å²) in [5.74, 6) is 0.974. The zero-order valence-corrected chi connectivity index (χ0v) is 9.73. The van der Waals surface area contributed by atoms with E-state index in [2.05, 4.69) is 22.4 Å². The van der Waals surface area contributed by atoms with E-state index in [-0.39, 0.29) is 0 Å². The third-order valence-corrected chi connectivity index (χ3v) is 2.05. The standard InChI is InChI=1S/C10H20N4O/c1-4-14-8-12-13-10(14)7-11-5-6-15-9(2)3/h8-9,11H,4-7H2,1-3H3. The molecular weight excluding hydrogens is 192 g/mol. The Hall–Kier alpha value is -0.940. The Labute approximate surface area is 90.8 Å². The fraction of sp³-hybridized carbons (Fsp3) is 0.800. The van der Waals surface area contributed by atoms with Crippen LogP contribution in [-0.2, 0) is 17.8 Å². The van der Waals surface area contributed by atoms with Gasteiger partial charge in [0.25, 0.3) is 0 Å². The molecule has 0 bridgehead atoms. The number of hydrogen-bond donors (Lipinski definition) is 1. The second-order valence-corrected chi connectivity index (χ2v) is 3.63. The SMILES string of the molecule is CCn1cnnc1CNCCOC(C)C. The number of aromatic nitrogens is 3. The van der Waals surface area contributed by atoms with Gasteiger partial charge in [0, 0.05) is 13.1 Å². The number of hydrogen-bond acceptors (Lipinski definition) is 4. The summed E-state index contributed by atoms with van der Waals surface area (Å²) in [5, 5.41) is 11.2. The molecule has 1 aromatic heterocycles. The normalized spacial score (nSPS) is 11.2. The summed E-state index contributed by atoms with van der Waals surface area (Å²) in [6.07, 6.45) is 2.05. The Bertz CT molecular complexity index is 272. The largest absolute Gasteiger partial charge is 0.377 e. The zero-order valence-electron chi connectivity index (χ0n) is 9.73. The van der Waals surface area contributed by atoms with Crippen LogP contribution in [0.4, 0.5) is 0 Å². The predicted octanol–water partition coefficient (Wildman–Crippen LogP) is 0.813. The van der Waals surface area contributed by atoms with Crippen LogP contribution < -0.4 is 5.32 Å². The van der Waals surface area contributed by atoms with Gasteiger partial charge < -0.3 is 14.6 Å². The average molecular weight is 212 g/mol. The van der Waals surface area contributed by atoms with Crippen LogP contribution in [0.15, 0.2) is 6.33 Å². The van der Waals surface area contributed by atoms with Crippen molar-refractivity contribution in [3.05, 3.63) is 12.2 Å². The van der Waals surface area contributed by atoms with Crippen LogP contribution in [-0.4, -0.2) is 34.0 Å². The molecule has 1 N–H and O–H groups in total. The first kappa shape index (κ1) is 12.1. The van der Waals surface area contributed by atoms with Crippen LogP contribution in [0.2, 0.25) is 0 Å². The molecule has 0 spiro atoms. The minimum Gasteiger partial charge on any atom is -0.377 e. The smallest absolute Gasteiger partial charge is 0.146 e. The molecule has 0 fully saturated rings. The maximum Gasteiger partial charge on any atom is 0.146 e. The Morgan fingerprint density at radius 3 is 3.00 bits per heavy atom. The summed E-state index contributed by atoms with van der Waals surface area (Å²) < 4.78 is 7.44. The lowest BCUT2D eigenvalue weighted by Crippen LogP contribution is -2.22. The fourth-order valence-corrected chi connectivity index (χ4v) is 1.25. The highest BCUT2D eigenvalue weighted by Crippen LogP contribution is 1.93. The number of ether oxygens (including phenoxy) is 1. The van der Waals surface area contributed by atoms with E-state index < -0.39 is 0 Å². The Morgan fingerprint density at radius 1 is 1.53 bits per heavy atom. The van der Waals surface area contributed by atoms with Gasteiger partial charge in [-0.15, -0.1) is 10.2 Å². The number of rotatable bonds is 7. The third kappa shape index (κ3) is 4.40. The van der Waals surface area contributed by atoms with Gasteiger partial charge in [-0.1, -0.05) is 0 Å².